The second-order valence-electron chi connectivity index (χ2n) is 32.6. The second kappa shape index (κ2) is 25.6. The number of pyridine rings is 3. The molecular weight excluding hydrogens is 1680 g/mol. The van der Waals surface area contributed by atoms with E-state index in [0.717, 1.165) is 0 Å². The van der Waals surface area contributed by atoms with Crippen LogP contribution in [0.15, 0.2) is 377 Å². The van der Waals surface area contributed by atoms with Crippen LogP contribution in [0.4, 0.5) is 0 Å². The third-order valence-corrected chi connectivity index (χ3v) is 34.2. The van der Waals surface area contributed by atoms with Gasteiger partial charge in [0.15, 0.2) is 0 Å². The van der Waals surface area contributed by atoms with Gasteiger partial charge in [0, 0.05) is 0 Å². The Hall–Kier alpha value is -14.3. The van der Waals surface area contributed by atoms with E-state index in [4.69, 9.17) is 0 Å². The summed E-state index contributed by atoms with van der Waals surface area (Å²) in [5, 5.41) is 36.9. The SMILES string of the molecule is c1cc2c3c(cccc3c1)-c1cc(-n3c4ccccc4c4c5ccncc5c5[se]c6ccccc6c5c43)ccc1-2.c1ccc2c(c1)-c1cccc3c(-n4c5ccccc5c5c6ccncc6c6[se]c7ccccc7c6c54)ccc-2c13.c1ccc2c(c1)ccc1c3ccccc3c(-n3c4ccccc4c4c5ccncc5c5[se]c6ccccc6c5c43)cc21. The molecule has 0 bridgehead atoms. The van der Waals surface area contributed by atoms with E-state index in [0.29, 0.717) is 0 Å². The van der Waals surface area contributed by atoms with E-state index in [2.05, 4.69) is 387 Å². The van der Waals surface area contributed by atoms with Gasteiger partial charge in [0.05, 0.1) is 0 Å². The molecule has 9 aromatic heterocycles. The van der Waals surface area contributed by atoms with Crippen molar-refractivity contribution in [3.63, 3.8) is 0 Å². The Labute approximate surface area is 714 Å². The molecule has 0 atom stereocenters. The molecule has 9 heterocycles. The van der Waals surface area contributed by atoms with E-state index < -0.39 is 0 Å². The Bertz CT molecular complexity index is 9550. The van der Waals surface area contributed by atoms with E-state index in [1.54, 1.807) is 0 Å². The Morgan fingerprint density at radius 1 is 0.189 bits per heavy atom. The fraction of sp³-hybridized carbons (Fsp3) is 0. The Balaban J connectivity index is 0.0000000942. The summed E-state index contributed by atoms with van der Waals surface area (Å²) in [7, 11) is 0. The first kappa shape index (κ1) is 67.6. The molecule has 0 radical (unpaired) electrons. The molecule has 0 amide bonds. The molecule has 0 aliphatic heterocycles. The molecule has 0 saturated heterocycles. The second-order valence-corrected chi connectivity index (χ2v) is 39.2. The first-order valence-electron chi connectivity index (χ1n) is 41.6. The van der Waals surface area contributed by atoms with Crippen LogP contribution in [0.25, 0.3) is 271 Å². The number of rotatable bonds is 3. The van der Waals surface area contributed by atoms with Crippen molar-refractivity contribution < 1.29 is 0 Å². The van der Waals surface area contributed by atoms with E-state index >= 15 is 0 Å². The maximum atomic E-state index is 4.61. The van der Waals surface area contributed by atoms with Gasteiger partial charge in [-0.3, -0.25) is 0 Å². The molecular formula is C113H62N6Se3. The summed E-state index contributed by atoms with van der Waals surface area (Å²) < 4.78 is 16.4. The van der Waals surface area contributed by atoms with Gasteiger partial charge in [0.25, 0.3) is 0 Å². The van der Waals surface area contributed by atoms with Crippen molar-refractivity contribution in [3.05, 3.63) is 377 Å². The number of hydrogen-bond donors (Lipinski definition) is 0. The van der Waals surface area contributed by atoms with Crippen LogP contribution in [0, 0.1) is 0 Å². The van der Waals surface area contributed by atoms with Gasteiger partial charge < -0.3 is 0 Å². The van der Waals surface area contributed by atoms with E-state index in [1.807, 2.05) is 18.6 Å². The first-order chi connectivity index (χ1) is 60.6. The summed E-state index contributed by atoms with van der Waals surface area (Å²) in [4.78, 5) is 13.8. The van der Waals surface area contributed by atoms with Gasteiger partial charge in [-0.25, -0.2) is 0 Å². The van der Waals surface area contributed by atoms with Crippen molar-refractivity contribution in [3.8, 4) is 61.6 Å². The minimum absolute atomic E-state index is 0.213. The number of hydrogen-bond acceptors (Lipinski definition) is 3. The van der Waals surface area contributed by atoms with Crippen molar-refractivity contribution >= 4 is 253 Å². The zero-order valence-corrected chi connectivity index (χ0v) is 70.3. The summed E-state index contributed by atoms with van der Waals surface area (Å²) in [6.45, 7) is 0. The number of benzene rings is 19. The maximum absolute atomic E-state index is 4.61. The number of nitrogens with zero attached hydrogens (tertiary/aromatic N) is 6. The third-order valence-electron chi connectivity index (χ3n) is 26.6. The van der Waals surface area contributed by atoms with Crippen LogP contribution in [0.5, 0.6) is 0 Å². The molecule has 122 heavy (non-hydrogen) atoms. The van der Waals surface area contributed by atoms with Crippen LogP contribution in [-0.4, -0.2) is 72.2 Å². The van der Waals surface area contributed by atoms with Gasteiger partial charge >= 0.3 is 720 Å². The molecule has 562 valence electrons. The van der Waals surface area contributed by atoms with Crippen molar-refractivity contribution in [2.75, 3.05) is 0 Å². The predicted molar refractivity (Wildman–Crippen MR) is 520 cm³/mol. The van der Waals surface area contributed by atoms with Crippen LogP contribution < -0.4 is 0 Å². The van der Waals surface area contributed by atoms with Gasteiger partial charge in [-0.2, -0.15) is 0 Å². The van der Waals surface area contributed by atoms with E-state index in [-0.39, 0.29) is 43.5 Å². The summed E-state index contributed by atoms with van der Waals surface area (Å²) in [6, 6.07) is 126. The zero-order valence-electron chi connectivity index (χ0n) is 65.2. The quantitative estimate of drug-likeness (QED) is 0.131. The van der Waals surface area contributed by atoms with Crippen molar-refractivity contribution in [1.29, 1.82) is 0 Å². The van der Waals surface area contributed by atoms with E-state index in [1.165, 1.54) is 271 Å². The van der Waals surface area contributed by atoms with Crippen molar-refractivity contribution in [2.24, 2.45) is 0 Å². The molecule has 0 fully saturated rings. The zero-order chi connectivity index (χ0) is 79.3. The number of para-hydroxylation sites is 3. The fourth-order valence-corrected chi connectivity index (χ4v) is 29.5. The van der Waals surface area contributed by atoms with Crippen molar-refractivity contribution in [2.45, 2.75) is 0 Å². The monoisotopic (exact) mass is 1740 g/mol. The average Bonchev–Trinajstić information content (AvgIpc) is 1.53. The fourth-order valence-electron chi connectivity index (χ4n) is 21.7. The van der Waals surface area contributed by atoms with Gasteiger partial charge in [0.2, 0.25) is 0 Å². The summed E-state index contributed by atoms with van der Waals surface area (Å²) in [5.74, 6) is 0. The Morgan fingerprint density at radius 3 is 1.11 bits per heavy atom. The molecule has 6 nitrogen and oxygen atoms in total. The van der Waals surface area contributed by atoms with Crippen LogP contribution in [-0.2, 0) is 0 Å². The minimum atomic E-state index is 0.213. The molecule has 9 heteroatoms. The van der Waals surface area contributed by atoms with Crippen LogP contribution in [0.3, 0.4) is 0 Å². The van der Waals surface area contributed by atoms with Crippen LogP contribution in [0.2, 0.25) is 0 Å². The topological polar surface area (TPSA) is 53.5 Å². The molecule has 0 N–H and O–H groups in total. The first-order valence-corrected chi connectivity index (χ1v) is 46.7. The number of fused-ring (bicyclic) bond motifs is 41. The third kappa shape index (κ3) is 9.20. The summed E-state index contributed by atoms with van der Waals surface area (Å²) in [6.07, 6.45) is 12.1. The van der Waals surface area contributed by atoms with Crippen LogP contribution in [0.1, 0.15) is 0 Å². The summed E-state index contributed by atoms with van der Waals surface area (Å²) >= 11 is 0.675. The molecule has 2 aliphatic rings. The average molecular weight is 1740 g/mol. The standard InChI is InChI=1S/C39H22N2Se.2C37H20N2Se/c1-2-10-24-23(9-1)17-18-26-25-11-3-4-12-27(25)34(21-31(24)26)41-33-15-7-5-13-29(33)36-28-19-20-40-22-32(28)39-37(38(36)41)30-14-6-8-16-35(30)42-39;1-3-13-31-27(9-1)34-26-17-18-38-20-30(26)37-35(28-10-2-4-14-32(28)40-37)36(34)39(31)22-15-16-23-24-11-5-7-21-8-6-12-25(33(21)24)29(23)19-22;1-2-9-22-21(8-1)23-12-7-13-26-31(17-16-24(22)33(23)26)39-30-14-5-3-10-27(30)34-25-18-19-38-20-29(25)37-35(36(34)39)28-11-4-6-15-32(28)40-37/h1-22H;2*1-20H. The molecule has 2 aliphatic carbocycles. The van der Waals surface area contributed by atoms with Gasteiger partial charge in [0.1, 0.15) is 0 Å². The van der Waals surface area contributed by atoms with E-state index in [9.17, 15) is 0 Å². The van der Waals surface area contributed by atoms with Gasteiger partial charge in [-0.15, -0.1) is 0 Å². The molecule has 19 aromatic carbocycles. The molecule has 0 saturated carbocycles. The molecule has 28 aromatic rings. The Morgan fingerprint density at radius 2 is 0.566 bits per heavy atom. The summed E-state index contributed by atoms with van der Waals surface area (Å²) in [5.41, 5.74) is 22.0. The number of aromatic nitrogens is 6. The molecule has 0 spiro atoms. The molecule has 30 rings (SSSR count). The van der Waals surface area contributed by atoms with Crippen molar-refractivity contribution in [1.82, 2.24) is 28.7 Å². The Kier molecular flexibility index (Phi) is 14.2. The predicted octanol–water partition coefficient (Wildman–Crippen LogP) is 29.1. The van der Waals surface area contributed by atoms with Gasteiger partial charge in [-0.1, -0.05) is 0 Å². The molecule has 0 unspecified atom stereocenters. The normalized spacial score (nSPS) is 12.4. The van der Waals surface area contributed by atoms with Gasteiger partial charge in [-0.05, 0) is 0 Å². The van der Waals surface area contributed by atoms with Crippen LogP contribution >= 0.6 is 0 Å².